The molecule has 0 bridgehead atoms. The Morgan fingerprint density at radius 2 is 1.84 bits per heavy atom. The average molecular weight is 299 g/mol. The van der Waals surface area contributed by atoms with Gasteiger partial charge in [0.25, 0.3) is 0 Å². The smallest absolute Gasteiger partial charge is 0.337 e. The highest BCUT2D eigenvalue weighted by Gasteiger charge is 2.16. The maximum atomic E-state index is 11.0. The third kappa shape index (κ3) is 14.9. The molecule has 1 N–H and O–H groups in total. The number of rotatable bonds is 6. The summed E-state index contributed by atoms with van der Waals surface area (Å²) >= 11 is 0. The zero-order valence-electron chi connectivity index (χ0n) is 11.6. The monoisotopic (exact) mass is 299 g/mol. The SMILES string of the molecule is C=C(C)C(=O)OC[N+](C)(C)CCO.COS(=O)(=O)[O-]. The molecule has 0 spiro atoms. The van der Waals surface area contributed by atoms with Crippen LogP contribution in [-0.4, -0.2) is 69.6 Å². The minimum atomic E-state index is -4.41. The number of hydrogen-bond donors (Lipinski definition) is 1. The van der Waals surface area contributed by atoms with Crippen molar-refractivity contribution in [3.63, 3.8) is 0 Å². The Kier molecular flexibility index (Phi) is 9.62. The molecule has 19 heavy (non-hydrogen) atoms. The van der Waals surface area contributed by atoms with E-state index in [1.165, 1.54) is 0 Å². The highest BCUT2D eigenvalue weighted by atomic mass is 32.3. The molecule has 8 nitrogen and oxygen atoms in total. The van der Waals surface area contributed by atoms with E-state index in [1.807, 2.05) is 14.1 Å². The lowest BCUT2D eigenvalue weighted by atomic mass is 10.4. The first-order valence-corrected chi connectivity index (χ1v) is 6.55. The summed E-state index contributed by atoms with van der Waals surface area (Å²) in [7, 11) is 0.150. The first-order chi connectivity index (χ1) is 8.45. The van der Waals surface area contributed by atoms with E-state index in [0.29, 0.717) is 16.6 Å². The molecule has 0 unspecified atom stereocenters. The van der Waals surface area contributed by atoms with Crippen molar-refractivity contribution in [1.29, 1.82) is 0 Å². The van der Waals surface area contributed by atoms with Crippen LogP contribution in [0.2, 0.25) is 0 Å². The van der Waals surface area contributed by atoms with E-state index < -0.39 is 10.4 Å². The number of hydrogen-bond acceptors (Lipinski definition) is 7. The Labute approximate surface area is 113 Å². The van der Waals surface area contributed by atoms with Crippen molar-refractivity contribution >= 4 is 16.4 Å². The lowest BCUT2D eigenvalue weighted by Crippen LogP contribution is -2.44. The van der Waals surface area contributed by atoms with Gasteiger partial charge in [0.2, 0.25) is 17.1 Å². The number of aliphatic hydroxyl groups is 1. The number of likely N-dealkylation sites (N-methyl/N-ethyl adjacent to an activating group) is 1. The van der Waals surface area contributed by atoms with Crippen LogP contribution in [-0.2, 0) is 24.1 Å². The Bertz CT molecular complexity index is 389. The molecule has 0 aliphatic heterocycles. The molecule has 0 saturated carbocycles. The molecule has 0 heterocycles. The number of nitrogens with zero attached hydrogens (tertiary/aromatic N) is 1. The van der Waals surface area contributed by atoms with Gasteiger partial charge in [0, 0.05) is 5.57 Å². The average Bonchev–Trinajstić information content (AvgIpc) is 2.25. The first-order valence-electron chi connectivity index (χ1n) is 5.22. The van der Waals surface area contributed by atoms with Gasteiger partial charge in [0.15, 0.2) is 0 Å². The molecular weight excluding hydrogens is 278 g/mol. The van der Waals surface area contributed by atoms with Gasteiger partial charge in [-0.25, -0.2) is 13.2 Å². The van der Waals surface area contributed by atoms with Crippen molar-refractivity contribution in [3.05, 3.63) is 12.2 Å². The molecule has 0 radical (unpaired) electrons. The third-order valence-corrected chi connectivity index (χ3v) is 2.21. The molecule has 0 aromatic carbocycles. The largest absolute Gasteiger partial charge is 0.726 e. The van der Waals surface area contributed by atoms with Crippen LogP contribution < -0.4 is 0 Å². The summed E-state index contributed by atoms with van der Waals surface area (Å²) in [6.45, 7) is 5.97. The minimum Gasteiger partial charge on any atom is -0.726 e. The fourth-order valence-corrected chi connectivity index (χ4v) is 0.692. The summed E-state index contributed by atoms with van der Waals surface area (Å²) in [6, 6.07) is 0. The van der Waals surface area contributed by atoms with Crippen LogP contribution in [0.15, 0.2) is 12.2 Å². The maximum Gasteiger partial charge on any atom is 0.337 e. The summed E-state index contributed by atoms with van der Waals surface area (Å²) in [5.74, 6) is -0.385. The minimum absolute atomic E-state index is 0.0810. The van der Waals surface area contributed by atoms with E-state index >= 15 is 0 Å². The van der Waals surface area contributed by atoms with Crippen molar-refractivity contribution in [2.45, 2.75) is 6.92 Å². The van der Waals surface area contributed by atoms with Crippen molar-refractivity contribution < 1.29 is 36.3 Å². The lowest BCUT2D eigenvalue weighted by Gasteiger charge is -2.27. The third-order valence-electron chi connectivity index (χ3n) is 1.80. The number of quaternary nitrogens is 1. The second-order valence-corrected chi connectivity index (χ2v) is 5.45. The predicted octanol–water partition coefficient (Wildman–Crippen LogP) is -0.775. The van der Waals surface area contributed by atoms with Gasteiger partial charge in [0.05, 0.1) is 27.8 Å². The molecule has 0 fully saturated rings. The van der Waals surface area contributed by atoms with Crippen molar-refractivity contribution in [2.75, 3.05) is 41.1 Å². The molecule has 0 amide bonds. The molecule has 0 rings (SSSR count). The maximum absolute atomic E-state index is 11.0. The summed E-state index contributed by atoms with van der Waals surface area (Å²) in [5.41, 5.74) is 0.393. The Morgan fingerprint density at radius 1 is 1.42 bits per heavy atom. The van der Waals surface area contributed by atoms with Crippen LogP contribution in [0, 0.1) is 0 Å². The molecule has 0 aliphatic carbocycles. The van der Waals surface area contributed by atoms with Crippen molar-refractivity contribution in [2.24, 2.45) is 0 Å². The van der Waals surface area contributed by atoms with E-state index in [0.717, 1.165) is 7.11 Å². The highest BCUT2D eigenvalue weighted by molar-refractivity contribution is 7.80. The van der Waals surface area contributed by atoms with Crippen LogP contribution in [0.25, 0.3) is 0 Å². The lowest BCUT2D eigenvalue weighted by molar-refractivity contribution is -0.907. The topological polar surface area (TPSA) is 113 Å². The van der Waals surface area contributed by atoms with Gasteiger partial charge in [-0.1, -0.05) is 6.58 Å². The van der Waals surface area contributed by atoms with Gasteiger partial charge in [-0.15, -0.1) is 0 Å². The van der Waals surface area contributed by atoms with Crippen LogP contribution in [0.3, 0.4) is 0 Å². The Hall–Kier alpha value is -1.00. The normalized spacial score (nSPS) is 11.3. The Balaban J connectivity index is 0. The van der Waals surface area contributed by atoms with E-state index in [9.17, 15) is 17.8 Å². The molecule has 0 saturated heterocycles. The van der Waals surface area contributed by atoms with Crippen LogP contribution in [0.5, 0.6) is 0 Å². The number of carbonyl (C=O) groups is 1. The zero-order valence-corrected chi connectivity index (χ0v) is 12.4. The van der Waals surface area contributed by atoms with Crippen LogP contribution in [0.4, 0.5) is 0 Å². The Morgan fingerprint density at radius 3 is 2.11 bits per heavy atom. The molecule has 0 aliphatic rings. The van der Waals surface area contributed by atoms with Gasteiger partial charge in [-0.05, 0) is 6.92 Å². The first kappa shape index (κ1) is 20.3. The summed E-state index contributed by atoms with van der Waals surface area (Å²) in [6.07, 6.45) is 0. The van der Waals surface area contributed by atoms with E-state index in [1.54, 1.807) is 6.92 Å². The molecule has 0 aromatic heterocycles. The second kappa shape index (κ2) is 8.99. The standard InChI is InChI=1S/C9H18NO3.CH4O4S/c1-8(2)9(12)13-7-10(3,4)5-6-11;1-5-6(2,3)4/h11H,1,5-7H2,2-4H3;1H3,(H,2,3,4)/q+1;/p-1. The van der Waals surface area contributed by atoms with E-state index in [-0.39, 0.29) is 19.3 Å². The van der Waals surface area contributed by atoms with E-state index in [2.05, 4.69) is 10.8 Å². The zero-order chi connectivity index (χ0) is 15.7. The van der Waals surface area contributed by atoms with Crippen molar-refractivity contribution in [3.8, 4) is 0 Å². The number of esters is 1. The fourth-order valence-electron chi connectivity index (χ4n) is 0.692. The molecule has 114 valence electrons. The molecule has 0 atom stereocenters. The molecule has 0 aromatic rings. The van der Waals surface area contributed by atoms with Gasteiger partial charge in [-0.2, -0.15) is 0 Å². The number of ether oxygens (including phenoxy) is 1. The van der Waals surface area contributed by atoms with Gasteiger partial charge in [0.1, 0.15) is 6.54 Å². The second-order valence-electron chi connectivity index (χ2n) is 4.30. The molecule has 9 heteroatoms. The summed E-state index contributed by atoms with van der Waals surface area (Å²) < 4.78 is 36.4. The van der Waals surface area contributed by atoms with Crippen LogP contribution in [0.1, 0.15) is 6.92 Å². The van der Waals surface area contributed by atoms with Gasteiger partial charge < -0.3 is 14.4 Å². The summed E-state index contributed by atoms with van der Waals surface area (Å²) in [5, 5.41) is 8.70. The quantitative estimate of drug-likeness (QED) is 0.171. The van der Waals surface area contributed by atoms with Gasteiger partial charge >= 0.3 is 5.97 Å². The number of carbonyl (C=O) groups excluding carboxylic acids is 1. The highest BCUT2D eigenvalue weighted by Crippen LogP contribution is 1.99. The van der Waals surface area contributed by atoms with Gasteiger partial charge in [-0.3, -0.25) is 8.67 Å². The predicted molar refractivity (Wildman–Crippen MR) is 66.5 cm³/mol. The van der Waals surface area contributed by atoms with E-state index in [4.69, 9.17) is 9.84 Å². The van der Waals surface area contributed by atoms with Crippen molar-refractivity contribution in [1.82, 2.24) is 0 Å². The molecular formula is C10H21NO7S. The fraction of sp³-hybridized carbons (Fsp3) is 0.700. The summed E-state index contributed by atoms with van der Waals surface area (Å²) in [4.78, 5) is 11.0. The van der Waals surface area contributed by atoms with Crippen LogP contribution >= 0.6 is 0 Å². The number of aliphatic hydroxyl groups excluding tert-OH is 1.